The van der Waals surface area contributed by atoms with E-state index in [1.54, 1.807) is 6.92 Å². The van der Waals surface area contributed by atoms with Crippen LogP contribution < -0.4 is 15.8 Å². The SMILES string of the molecule is CCNC(C)c1cccc(OCC(C)C(N)=O)c1. The molecule has 0 heterocycles. The van der Waals surface area contributed by atoms with Crippen molar-refractivity contribution in [1.82, 2.24) is 5.32 Å². The van der Waals surface area contributed by atoms with Gasteiger partial charge in [-0.3, -0.25) is 4.79 Å². The molecule has 0 fully saturated rings. The second kappa shape index (κ2) is 7.01. The summed E-state index contributed by atoms with van der Waals surface area (Å²) in [7, 11) is 0. The molecule has 0 radical (unpaired) electrons. The number of nitrogens with two attached hydrogens (primary N) is 1. The number of hydrogen-bond donors (Lipinski definition) is 2. The van der Waals surface area contributed by atoms with Gasteiger partial charge in [-0.15, -0.1) is 0 Å². The molecule has 1 rings (SSSR count). The van der Waals surface area contributed by atoms with Crippen LogP contribution >= 0.6 is 0 Å². The Kier molecular flexibility index (Phi) is 5.65. The number of carbonyl (C=O) groups excluding carboxylic acids is 1. The van der Waals surface area contributed by atoms with Gasteiger partial charge in [0.1, 0.15) is 5.75 Å². The first-order chi connectivity index (χ1) is 8.54. The quantitative estimate of drug-likeness (QED) is 0.776. The first kappa shape index (κ1) is 14.5. The lowest BCUT2D eigenvalue weighted by Gasteiger charge is -2.15. The van der Waals surface area contributed by atoms with E-state index < -0.39 is 0 Å². The van der Waals surface area contributed by atoms with E-state index >= 15 is 0 Å². The standard InChI is InChI=1S/C14H22N2O2/c1-4-16-11(3)12-6-5-7-13(8-12)18-9-10(2)14(15)17/h5-8,10-11,16H,4,9H2,1-3H3,(H2,15,17). The number of nitrogens with one attached hydrogen (secondary N) is 1. The van der Waals surface area contributed by atoms with Crippen molar-refractivity contribution in [3.8, 4) is 5.75 Å². The third-order valence-corrected chi connectivity index (χ3v) is 2.85. The third kappa shape index (κ3) is 4.37. The first-order valence-electron chi connectivity index (χ1n) is 6.30. The molecule has 4 nitrogen and oxygen atoms in total. The Hall–Kier alpha value is -1.55. The third-order valence-electron chi connectivity index (χ3n) is 2.85. The Bertz CT molecular complexity index is 393. The van der Waals surface area contributed by atoms with Crippen LogP contribution in [0.4, 0.5) is 0 Å². The number of ether oxygens (including phenoxy) is 1. The van der Waals surface area contributed by atoms with E-state index in [-0.39, 0.29) is 17.9 Å². The first-order valence-corrected chi connectivity index (χ1v) is 6.30. The molecule has 0 spiro atoms. The molecule has 1 aromatic carbocycles. The van der Waals surface area contributed by atoms with Crippen molar-refractivity contribution in [2.45, 2.75) is 26.8 Å². The highest BCUT2D eigenvalue weighted by Gasteiger charge is 2.10. The van der Waals surface area contributed by atoms with Crippen molar-refractivity contribution >= 4 is 5.91 Å². The fourth-order valence-corrected chi connectivity index (χ4v) is 1.60. The molecule has 1 amide bonds. The van der Waals surface area contributed by atoms with Crippen LogP contribution in [0.2, 0.25) is 0 Å². The zero-order chi connectivity index (χ0) is 13.5. The van der Waals surface area contributed by atoms with Crippen LogP contribution in [0.1, 0.15) is 32.4 Å². The minimum absolute atomic E-state index is 0.278. The highest BCUT2D eigenvalue weighted by molar-refractivity contribution is 5.76. The van der Waals surface area contributed by atoms with Crippen LogP contribution in [0.25, 0.3) is 0 Å². The van der Waals surface area contributed by atoms with E-state index in [1.165, 1.54) is 5.56 Å². The van der Waals surface area contributed by atoms with E-state index in [2.05, 4.69) is 25.2 Å². The maximum atomic E-state index is 10.9. The molecule has 0 aliphatic heterocycles. The summed E-state index contributed by atoms with van der Waals surface area (Å²) in [5.41, 5.74) is 6.36. The van der Waals surface area contributed by atoms with Gasteiger partial charge in [0.15, 0.2) is 0 Å². The van der Waals surface area contributed by atoms with Crippen LogP contribution in [-0.4, -0.2) is 19.1 Å². The minimum Gasteiger partial charge on any atom is -0.493 e. The number of carbonyl (C=O) groups is 1. The normalized spacial score (nSPS) is 13.9. The van der Waals surface area contributed by atoms with E-state index in [1.807, 2.05) is 18.2 Å². The van der Waals surface area contributed by atoms with Crippen LogP contribution in [0.3, 0.4) is 0 Å². The summed E-state index contributed by atoms with van der Waals surface area (Å²) in [6, 6.07) is 8.16. The van der Waals surface area contributed by atoms with Crippen molar-refractivity contribution in [1.29, 1.82) is 0 Å². The predicted octanol–water partition coefficient (Wildman–Crippen LogP) is 1.86. The molecule has 0 saturated heterocycles. The van der Waals surface area contributed by atoms with Gasteiger partial charge in [0.25, 0.3) is 0 Å². The molecule has 0 saturated carbocycles. The molecule has 18 heavy (non-hydrogen) atoms. The van der Waals surface area contributed by atoms with Crippen LogP contribution in [0.15, 0.2) is 24.3 Å². The molecular weight excluding hydrogens is 228 g/mol. The van der Waals surface area contributed by atoms with E-state index in [0.29, 0.717) is 6.61 Å². The van der Waals surface area contributed by atoms with Gasteiger partial charge in [0.2, 0.25) is 5.91 Å². The van der Waals surface area contributed by atoms with E-state index in [9.17, 15) is 4.79 Å². The summed E-state index contributed by atoms with van der Waals surface area (Å²) >= 11 is 0. The predicted molar refractivity (Wildman–Crippen MR) is 72.4 cm³/mol. The summed E-state index contributed by atoms with van der Waals surface area (Å²) in [6.45, 7) is 7.17. The Balaban J connectivity index is 2.62. The van der Waals surface area contributed by atoms with Crippen molar-refractivity contribution in [3.63, 3.8) is 0 Å². The summed E-state index contributed by atoms with van der Waals surface area (Å²) < 4.78 is 5.57. The van der Waals surface area contributed by atoms with E-state index in [4.69, 9.17) is 10.5 Å². The number of rotatable bonds is 7. The summed E-state index contributed by atoms with van der Waals surface area (Å²) in [5, 5.41) is 3.34. The maximum absolute atomic E-state index is 10.9. The van der Waals surface area contributed by atoms with Gasteiger partial charge < -0.3 is 15.8 Å². The Morgan fingerprint density at radius 2 is 2.17 bits per heavy atom. The summed E-state index contributed by atoms with van der Waals surface area (Å²) in [5.74, 6) is 0.150. The van der Waals surface area contributed by atoms with Gasteiger partial charge in [-0.25, -0.2) is 0 Å². The zero-order valence-corrected chi connectivity index (χ0v) is 11.3. The fraction of sp³-hybridized carbons (Fsp3) is 0.500. The lowest BCUT2D eigenvalue weighted by molar-refractivity contribution is -0.122. The van der Waals surface area contributed by atoms with Gasteiger partial charge in [0.05, 0.1) is 12.5 Å². The number of amides is 1. The molecule has 0 bridgehead atoms. The molecule has 0 aliphatic rings. The second-order valence-corrected chi connectivity index (χ2v) is 4.47. The van der Waals surface area contributed by atoms with Gasteiger partial charge in [-0.2, -0.15) is 0 Å². The fourth-order valence-electron chi connectivity index (χ4n) is 1.60. The number of benzene rings is 1. The molecule has 100 valence electrons. The van der Waals surface area contributed by atoms with Gasteiger partial charge >= 0.3 is 0 Å². The van der Waals surface area contributed by atoms with Crippen LogP contribution in [0.5, 0.6) is 5.75 Å². The zero-order valence-electron chi connectivity index (χ0n) is 11.3. The van der Waals surface area contributed by atoms with Crippen molar-refractivity contribution in [3.05, 3.63) is 29.8 Å². The van der Waals surface area contributed by atoms with Gasteiger partial charge in [0, 0.05) is 6.04 Å². The minimum atomic E-state index is -0.341. The van der Waals surface area contributed by atoms with Crippen molar-refractivity contribution < 1.29 is 9.53 Å². The monoisotopic (exact) mass is 250 g/mol. The second-order valence-electron chi connectivity index (χ2n) is 4.47. The van der Waals surface area contributed by atoms with Gasteiger partial charge in [-0.05, 0) is 31.2 Å². The smallest absolute Gasteiger partial charge is 0.223 e. The van der Waals surface area contributed by atoms with Crippen molar-refractivity contribution in [2.75, 3.05) is 13.2 Å². The molecule has 3 N–H and O–H groups in total. The molecule has 2 atom stereocenters. The highest BCUT2D eigenvalue weighted by atomic mass is 16.5. The summed E-state index contributed by atoms with van der Waals surface area (Å²) in [6.07, 6.45) is 0. The largest absolute Gasteiger partial charge is 0.493 e. The number of hydrogen-bond acceptors (Lipinski definition) is 3. The summed E-state index contributed by atoms with van der Waals surface area (Å²) in [4.78, 5) is 10.9. The molecule has 0 aliphatic carbocycles. The maximum Gasteiger partial charge on any atom is 0.223 e. The Morgan fingerprint density at radius 1 is 1.44 bits per heavy atom. The average molecular weight is 250 g/mol. The van der Waals surface area contributed by atoms with Gasteiger partial charge in [-0.1, -0.05) is 26.0 Å². The van der Waals surface area contributed by atoms with E-state index in [0.717, 1.165) is 12.3 Å². The Labute approximate surface area is 109 Å². The lowest BCUT2D eigenvalue weighted by Crippen LogP contribution is -2.25. The molecule has 4 heteroatoms. The van der Waals surface area contributed by atoms with Crippen LogP contribution in [0, 0.1) is 5.92 Å². The van der Waals surface area contributed by atoms with Crippen molar-refractivity contribution in [2.24, 2.45) is 11.7 Å². The molecule has 0 aromatic heterocycles. The Morgan fingerprint density at radius 3 is 2.78 bits per heavy atom. The topological polar surface area (TPSA) is 64.3 Å². The molecule has 1 aromatic rings. The average Bonchev–Trinajstić information content (AvgIpc) is 2.36. The molecule has 2 unspecified atom stereocenters. The molecular formula is C14H22N2O2. The highest BCUT2D eigenvalue weighted by Crippen LogP contribution is 2.19. The number of primary amides is 1. The van der Waals surface area contributed by atoms with Crippen LogP contribution in [-0.2, 0) is 4.79 Å². The lowest BCUT2D eigenvalue weighted by atomic mass is 10.1.